The largest absolute Gasteiger partial charge is 0.478 e. The van der Waals surface area contributed by atoms with Gasteiger partial charge in [-0.15, -0.1) is 0 Å². The Kier molecular flexibility index (Phi) is 2.97. The lowest BCUT2D eigenvalue weighted by molar-refractivity contribution is 0.0690. The van der Waals surface area contributed by atoms with Crippen molar-refractivity contribution in [1.82, 2.24) is 5.32 Å². The van der Waals surface area contributed by atoms with E-state index >= 15 is 0 Å². The summed E-state index contributed by atoms with van der Waals surface area (Å²) in [5.74, 6) is -3.89. The summed E-state index contributed by atoms with van der Waals surface area (Å²) in [4.78, 5) is 12.2. The summed E-state index contributed by atoms with van der Waals surface area (Å²) in [7, 11) is 1.66. The van der Waals surface area contributed by atoms with Crippen LogP contribution < -0.4 is 10.2 Å². The van der Waals surface area contributed by atoms with E-state index in [0.717, 1.165) is 6.07 Å². The minimum atomic E-state index is -1.47. The van der Waals surface area contributed by atoms with E-state index in [-0.39, 0.29) is 11.7 Å². The van der Waals surface area contributed by atoms with Crippen LogP contribution in [0.1, 0.15) is 10.4 Å². The Hall–Kier alpha value is -1.69. The number of nitrogens with zero attached hydrogens (tertiary/aromatic N) is 1. The molecule has 1 aromatic carbocycles. The zero-order valence-corrected chi connectivity index (χ0v) is 9.20. The van der Waals surface area contributed by atoms with E-state index < -0.39 is 23.2 Å². The monoisotopic (exact) mass is 242 g/mol. The SMILES string of the molecule is CN(c1ccc(C(=O)O)c(F)c1F)C1CNC1. The number of anilines is 1. The lowest BCUT2D eigenvalue weighted by atomic mass is 10.1. The molecule has 1 saturated heterocycles. The van der Waals surface area contributed by atoms with Crippen LogP contribution in [0, 0.1) is 11.6 Å². The number of halogens is 2. The molecule has 0 unspecified atom stereocenters. The van der Waals surface area contributed by atoms with Gasteiger partial charge in [0.2, 0.25) is 0 Å². The Morgan fingerprint density at radius 1 is 1.41 bits per heavy atom. The number of carboxylic acid groups (broad SMARTS) is 1. The number of likely N-dealkylation sites (N-methyl/N-ethyl adjacent to an activating group) is 1. The molecule has 17 heavy (non-hydrogen) atoms. The molecular weight excluding hydrogens is 230 g/mol. The van der Waals surface area contributed by atoms with Crippen LogP contribution in [-0.4, -0.2) is 37.3 Å². The van der Waals surface area contributed by atoms with Crippen molar-refractivity contribution in [2.75, 3.05) is 25.0 Å². The molecule has 92 valence electrons. The van der Waals surface area contributed by atoms with E-state index in [2.05, 4.69) is 5.32 Å². The van der Waals surface area contributed by atoms with Gasteiger partial charge in [-0.2, -0.15) is 0 Å². The van der Waals surface area contributed by atoms with Crippen molar-refractivity contribution in [3.8, 4) is 0 Å². The first-order chi connectivity index (χ1) is 8.02. The fourth-order valence-corrected chi connectivity index (χ4v) is 1.72. The molecule has 0 bridgehead atoms. The highest BCUT2D eigenvalue weighted by atomic mass is 19.2. The summed E-state index contributed by atoms with van der Waals surface area (Å²) < 4.78 is 27.2. The average molecular weight is 242 g/mol. The van der Waals surface area contributed by atoms with E-state index in [1.807, 2.05) is 0 Å². The van der Waals surface area contributed by atoms with Crippen LogP contribution in [0.25, 0.3) is 0 Å². The van der Waals surface area contributed by atoms with Gasteiger partial charge in [0.05, 0.1) is 17.3 Å². The van der Waals surface area contributed by atoms with Crippen LogP contribution in [0.4, 0.5) is 14.5 Å². The van der Waals surface area contributed by atoms with Crippen molar-refractivity contribution in [3.05, 3.63) is 29.3 Å². The van der Waals surface area contributed by atoms with E-state index in [1.165, 1.54) is 6.07 Å². The van der Waals surface area contributed by atoms with Crippen molar-refractivity contribution in [1.29, 1.82) is 0 Å². The first kappa shape index (κ1) is 11.8. The number of nitrogens with one attached hydrogen (secondary N) is 1. The number of hydrogen-bond acceptors (Lipinski definition) is 3. The first-order valence-corrected chi connectivity index (χ1v) is 5.17. The highest BCUT2D eigenvalue weighted by molar-refractivity contribution is 5.88. The third kappa shape index (κ3) is 1.95. The van der Waals surface area contributed by atoms with Crippen LogP contribution in [0.3, 0.4) is 0 Å². The van der Waals surface area contributed by atoms with Gasteiger partial charge >= 0.3 is 5.97 Å². The molecule has 6 heteroatoms. The maximum Gasteiger partial charge on any atom is 0.338 e. The summed E-state index contributed by atoms with van der Waals surface area (Å²) in [6.07, 6.45) is 0. The van der Waals surface area contributed by atoms with Crippen LogP contribution in [0.15, 0.2) is 12.1 Å². The van der Waals surface area contributed by atoms with Crippen molar-refractivity contribution in [3.63, 3.8) is 0 Å². The molecule has 0 saturated carbocycles. The molecule has 1 aliphatic heterocycles. The molecule has 1 fully saturated rings. The molecular formula is C11H12F2N2O2. The third-order valence-corrected chi connectivity index (χ3v) is 2.98. The fourth-order valence-electron chi connectivity index (χ4n) is 1.72. The molecule has 1 aromatic rings. The summed E-state index contributed by atoms with van der Waals surface area (Å²) in [5, 5.41) is 11.7. The van der Waals surface area contributed by atoms with Gasteiger partial charge in [-0.1, -0.05) is 0 Å². The van der Waals surface area contributed by atoms with E-state index in [1.54, 1.807) is 11.9 Å². The molecule has 0 amide bonds. The Morgan fingerprint density at radius 3 is 2.53 bits per heavy atom. The summed E-state index contributed by atoms with van der Waals surface area (Å²) in [5.41, 5.74) is -0.564. The van der Waals surface area contributed by atoms with Crippen LogP contribution in [-0.2, 0) is 0 Å². The highest BCUT2D eigenvalue weighted by Crippen LogP contribution is 2.25. The minimum Gasteiger partial charge on any atom is -0.478 e. The summed E-state index contributed by atoms with van der Waals surface area (Å²) in [6.45, 7) is 1.41. The topological polar surface area (TPSA) is 52.6 Å². The number of benzene rings is 1. The van der Waals surface area contributed by atoms with E-state index in [4.69, 9.17) is 5.11 Å². The highest BCUT2D eigenvalue weighted by Gasteiger charge is 2.26. The van der Waals surface area contributed by atoms with Gasteiger partial charge in [0.15, 0.2) is 11.6 Å². The molecule has 0 radical (unpaired) electrons. The lowest BCUT2D eigenvalue weighted by Crippen LogP contribution is -2.56. The molecule has 2 rings (SSSR count). The minimum absolute atomic E-state index is 0.0824. The number of aromatic carboxylic acids is 1. The molecule has 1 aliphatic rings. The van der Waals surface area contributed by atoms with Gasteiger partial charge in [0.1, 0.15) is 0 Å². The standard InChI is InChI=1S/C11H12F2N2O2/c1-15(6-4-14-5-6)8-3-2-7(11(16)17)9(12)10(8)13/h2-3,6,14H,4-5H2,1H3,(H,16,17). The average Bonchev–Trinajstić information content (AvgIpc) is 2.18. The molecule has 0 aromatic heterocycles. The third-order valence-electron chi connectivity index (χ3n) is 2.98. The van der Waals surface area contributed by atoms with Gasteiger partial charge in [0.25, 0.3) is 0 Å². The van der Waals surface area contributed by atoms with Crippen molar-refractivity contribution in [2.24, 2.45) is 0 Å². The second-order valence-corrected chi connectivity index (χ2v) is 3.99. The zero-order chi connectivity index (χ0) is 12.6. The van der Waals surface area contributed by atoms with Crippen molar-refractivity contribution in [2.45, 2.75) is 6.04 Å². The zero-order valence-electron chi connectivity index (χ0n) is 9.20. The molecule has 0 aliphatic carbocycles. The summed E-state index contributed by atoms with van der Waals surface area (Å²) in [6, 6.07) is 2.48. The number of carbonyl (C=O) groups is 1. The smallest absolute Gasteiger partial charge is 0.338 e. The lowest BCUT2D eigenvalue weighted by Gasteiger charge is -2.37. The number of carboxylic acids is 1. The maximum atomic E-state index is 13.7. The van der Waals surface area contributed by atoms with Crippen molar-refractivity contribution >= 4 is 11.7 Å². The Labute approximate surface area is 96.8 Å². The van der Waals surface area contributed by atoms with Crippen LogP contribution in [0.2, 0.25) is 0 Å². The molecule has 4 nitrogen and oxygen atoms in total. The summed E-state index contributed by atoms with van der Waals surface area (Å²) >= 11 is 0. The van der Waals surface area contributed by atoms with Gasteiger partial charge in [-0.3, -0.25) is 0 Å². The Bertz CT molecular complexity index is 461. The second-order valence-electron chi connectivity index (χ2n) is 3.99. The maximum absolute atomic E-state index is 13.7. The van der Waals surface area contributed by atoms with E-state index in [0.29, 0.717) is 13.1 Å². The Balaban J connectivity index is 2.36. The second kappa shape index (κ2) is 4.29. The van der Waals surface area contributed by atoms with Crippen molar-refractivity contribution < 1.29 is 18.7 Å². The van der Waals surface area contributed by atoms with Gasteiger partial charge in [-0.25, -0.2) is 13.6 Å². The normalized spacial score (nSPS) is 15.5. The molecule has 0 atom stereocenters. The van der Waals surface area contributed by atoms with Gasteiger partial charge in [0, 0.05) is 20.1 Å². The molecule has 1 heterocycles. The molecule has 0 spiro atoms. The quantitative estimate of drug-likeness (QED) is 0.832. The van der Waals surface area contributed by atoms with Crippen LogP contribution in [0.5, 0.6) is 0 Å². The predicted molar refractivity (Wildman–Crippen MR) is 58.4 cm³/mol. The van der Waals surface area contributed by atoms with E-state index in [9.17, 15) is 13.6 Å². The van der Waals surface area contributed by atoms with Gasteiger partial charge < -0.3 is 15.3 Å². The number of rotatable bonds is 3. The first-order valence-electron chi connectivity index (χ1n) is 5.17. The number of hydrogen-bond donors (Lipinski definition) is 2. The molecule has 2 N–H and O–H groups in total. The van der Waals surface area contributed by atoms with Crippen LogP contribution >= 0.6 is 0 Å². The fraction of sp³-hybridized carbons (Fsp3) is 0.364. The van der Waals surface area contributed by atoms with Gasteiger partial charge in [-0.05, 0) is 12.1 Å². The Morgan fingerprint density at radius 2 is 2.06 bits per heavy atom. The predicted octanol–water partition coefficient (Wildman–Crippen LogP) is 1.07.